The van der Waals surface area contributed by atoms with Crippen molar-refractivity contribution in [1.82, 2.24) is 4.98 Å². The minimum atomic E-state index is -3.67. The first-order valence-corrected chi connectivity index (χ1v) is 6.96. The van der Waals surface area contributed by atoms with Crippen LogP contribution in [0.25, 0.3) is 0 Å². The molecular weight excluding hydrogens is 264 g/mol. The first-order chi connectivity index (χ1) is 9.07. The zero-order valence-electron chi connectivity index (χ0n) is 10.3. The molecule has 0 aliphatic heterocycles. The van der Waals surface area contributed by atoms with Gasteiger partial charge in [0.2, 0.25) is 0 Å². The molecule has 6 nitrogen and oxygen atoms in total. The number of para-hydroxylation sites is 1. The summed E-state index contributed by atoms with van der Waals surface area (Å²) in [5.74, 6) is 5.34. The molecule has 3 N–H and O–H groups in total. The van der Waals surface area contributed by atoms with Crippen molar-refractivity contribution < 1.29 is 8.42 Å². The summed E-state index contributed by atoms with van der Waals surface area (Å²) in [5.41, 5.74) is 3.27. The van der Waals surface area contributed by atoms with Crippen LogP contribution in [-0.4, -0.2) is 20.4 Å². The smallest absolute Gasteiger partial charge is 0.266 e. The van der Waals surface area contributed by atoms with Gasteiger partial charge in [-0.3, -0.25) is 15.1 Å². The maximum atomic E-state index is 12.5. The van der Waals surface area contributed by atoms with Crippen LogP contribution in [0.2, 0.25) is 0 Å². The molecule has 0 bridgehead atoms. The molecule has 19 heavy (non-hydrogen) atoms. The van der Waals surface area contributed by atoms with E-state index in [0.717, 1.165) is 0 Å². The van der Waals surface area contributed by atoms with Crippen molar-refractivity contribution in [2.24, 2.45) is 5.84 Å². The Hall–Kier alpha value is -2.12. The minimum Gasteiger partial charge on any atom is -0.323 e. The molecule has 0 saturated carbocycles. The lowest BCUT2D eigenvalue weighted by Crippen LogP contribution is -2.27. The molecule has 1 aromatic heterocycles. The van der Waals surface area contributed by atoms with Crippen LogP contribution in [0.4, 0.5) is 11.4 Å². The van der Waals surface area contributed by atoms with E-state index in [1.54, 1.807) is 30.3 Å². The Kier molecular flexibility index (Phi) is 3.68. The van der Waals surface area contributed by atoms with Gasteiger partial charge in [0.15, 0.2) is 0 Å². The van der Waals surface area contributed by atoms with Gasteiger partial charge in [-0.15, -0.1) is 0 Å². The van der Waals surface area contributed by atoms with E-state index in [4.69, 9.17) is 5.84 Å². The Bertz CT molecular complexity index is 658. The van der Waals surface area contributed by atoms with Crippen LogP contribution in [0.5, 0.6) is 0 Å². The molecule has 0 atom stereocenters. The molecular formula is C12H14N4O2S. The number of anilines is 2. The number of hydrogen-bond acceptors (Lipinski definition) is 5. The second kappa shape index (κ2) is 5.25. The van der Waals surface area contributed by atoms with Gasteiger partial charge in [0.25, 0.3) is 10.0 Å². The number of hydrazine groups is 1. The lowest BCUT2D eigenvalue weighted by molar-refractivity contribution is 0.594. The maximum absolute atomic E-state index is 12.5. The molecule has 7 heteroatoms. The predicted octanol–water partition coefficient (Wildman–Crippen LogP) is 1.19. The van der Waals surface area contributed by atoms with Crippen LogP contribution in [0.15, 0.2) is 53.7 Å². The van der Waals surface area contributed by atoms with Gasteiger partial charge < -0.3 is 5.43 Å². The average Bonchev–Trinajstić information content (AvgIpc) is 2.47. The molecule has 0 radical (unpaired) electrons. The number of nitrogens with one attached hydrogen (secondary N) is 1. The largest absolute Gasteiger partial charge is 0.323 e. The number of hydrogen-bond donors (Lipinski definition) is 2. The van der Waals surface area contributed by atoms with Gasteiger partial charge >= 0.3 is 0 Å². The fourth-order valence-electron chi connectivity index (χ4n) is 1.65. The summed E-state index contributed by atoms with van der Waals surface area (Å²) in [6, 6.07) is 9.70. The fourth-order valence-corrected chi connectivity index (χ4v) is 3.00. The highest BCUT2D eigenvalue weighted by Gasteiger charge is 2.23. The topological polar surface area (TPSA) is 88.3 Å². The number of sulfonamides is 1. The van der Waals surface area contributed by atoms with E-state index >= 15 is 0 Å². The molecule has 0 unspecified atom stereocenters. The van der Waals surface area contributed by atoms with Gasteiger partial charge in [-0.1, -0.05) is 12.1 Å². The van der Waals surface area contributed by atoms with E-state index in [-0.39, 0.29) is 4.90 Å². The molecule has 2 rings (SSSR count). The SMILES string of the molecule is CN(c1ccncc1)S(=O)(=O)c1ccccc1NN. The van der Waals surface area contributed by atoms with Gasteiger partial charge in [0, 0.05) is 19.4 Å². The van der Waals surface area contributed by atoms with Gasteiger partial charge in [0.05, 0.1) is 11.4 Å². The zero-order chi connectivity index (χ0) is 13.9. The lowest BCUT2D eigenvalue weighted by atomic mass is 10.3. The van der Waals surface area contributed by atoms with Crippen molar-refractivity contribution in [3.05, 3.63) is 48.8 Å². The van der Waals surface area contributed by atoms with Crippen LogP contribution in [0, 0.1) is 0 Å². The van der Waals surface area contributed by atoms with Crippen LogP contribution >= 0.6 is 0 Å². The van der Waals surface area contributed by atoms with E-state index in [9.17, 15) is 8.42 Å². The molecule has 0 saturated heterocycles. The maximum Gasteiger partial charge on any atom is 0.266 e. The van der Waals surface area contributed by atoms with Crippen molar-refractivity contribution >= 4 is 21.4 Å². The van der Waals surface area contributed by atoms with Crippen LogP contribution in [0.3, 0.4) is 0 Å². The molecule has 1 heterocycles. The summed E-state index contributed by atoms with van der Waals surface area (Å²) in [4.78, 5) is 3.98. The summed E-state index contributed by atoms with van der Waals surface area (Å²) < 4.78 is 26.2. The third-order valence-corrected chi connectivity index (χ3v) is 4.55. The molecule has 0 aliphatic carbocycles. The number of nitrogen functional groups attached to an aromatic ring is 1. The lowest BCUT2D eigenvalue weighted by Gasteiger charge is -2.20. The van der Waals surface area contributed by atoms with Crippen molar-refractivity contribution in [1.29, 1.82) is 0 Å². The van der Waals surface area contributed by atoms with Gasteiger partial charge in [-0.25, -0.2) is 8.42 Å². The Morgan fingerprint density at radius 3 is 2.42 bits per heavy atom. The third kappa shape index (κ3) is 2.51. The van der Waals surface area contributed by atoms with Gasteiger partial charge in [-0.05, 0) is 24.3 Å². The first kappa shape index (κ1) is 13.3. The number of rotatable bonds is 4. The van der Waals surface area contributed by atoms with Gasteiger partial charge in [-0.2, -0.15) is 0 Å². The Morgan fingerprint density at radius 2 is 1.79 bits per heavy atom. The predicted molar refractivity (Wildman–Crippen MR) is 74.1 cm³/mol. The highest BCUT2D eigenvalue weighted by atomic mass is 32.2. The number of nitrogens with zero attached hydrogens (tertiary/aromatic N) is 2. The van der Waals surface area contributed by atoms with E-state index < -0.39 is 10.0 Å². The summed E-state index contributed by atoms with van der Waals surface area (Å²) in [7, 11) is -2.19. The van der Waals surface area contributed by atoms with Crippen LogP contribution in [0.1, 0.15) is 0 Å². The van der Waals surface area contributed by atoms with Crippen LogP contribution < -0.4 is 15.6 Å². The third-order valence-electron chi connectivity index (χ3n) is 2.71. The number of nitrogens with two attached hydrogens (primary N) is 1. The molecule has 100 valence electrons. The minimum absolute atomic E-state index is 0.122. The summed E-state index contributed by atoms with van der Waals surface area (Å²) in [6.45, 7) is 0. The van der Waals surface area contributed by atoms with Crippen molar-refractivity contribution in [2.75, 3.05) is 16.8 Å². The van der Waals surface area contributed by atoms with E-state index in [2.05, 4.69) is 10.4 Å². The highest BCUT2D eigenvalue weighted by molar-refractivity contribution is 7.93. The molecule has 1 aromatic carbocycles. The Labute approximate surface area is 111 Å². The van der Waals surface area contributed by atoms with E-state index in [1.807, 2.05) is 0 Å². The summed E-state index contributed by atoms with van der Waals surface area (Å²) in [6.07, 6.45) is 3.07. The van der Waals surface area contributed by atoms with E-state index in [1.165, 1.54) is 29.8 Å². The fraction of sp³-hybridized carbons (Fsp3) is 0.0833. The molecule has 0 aliphatic rings. The normalized spacial score (nSPS) is 11.1. The summed E-state index contributed by atoms with van der Waals surface area (Å²) in [5, 5.41) is 0. The molecule has 0 spiro atoms. The summed E-state index contributed by atoms with van der Waals surface area (Å²) >= 11 is 0. The van der Waals surface area contributed by atoms with Crippen molar-refractivity contribution in [2.45, 2.75) is 4.90 Å². The zero-order valence-corrected chi connectivity index (χ0v) is 11.1. The number of benzene rings is 1. The monoisotopic (exact) mass is 278 g/mol. The van der Waals surface area contributed by atoms with Crippen molar-refractivity contribution in [3.63, 3.8) is 0 Å². The Morgan fingerprint density at radius 1 is 1.16 bits per heavy atom. The second-order valence-electron chi connectivity index (χ2n) is 3.82. The average molecular weight is 278 g/mol. The quantitative estimate of drug-likeness (QED) is 0.648. The van der Waals surface area contributed by atoms with Crippen LogP contribution in [-0.2, 0) is 10.0 Å². The second-order valence-corrected chi connectivity index (χ2v) is 5.76. The highest BCUT2D eigenvalue weighted by Crippen LogP contribution is 2.26. The van der Waals surface area contributed by atoms with Gasteiger partial charge in [0.1, 0.15) is 4.90 Å². The standard InChI is InChI=1S/C12H14N4O2S/c1-16(10-6-8-14-9-7-10)19(17,18)12-5-3-2-4-11(12)15-13/h2-9,15H,13H2,1H3. The molecule has 0 fully saturated rings. The van der Waals surface area contributed by atoms with Crippen molar-refractivity contribution in [3.8, 4) is 0 Å². The van der Waals surface area contributed by atoms with E-state index in [0.29, 0.717) is 11.4 Å². The number of pyridine rings is 1. The molecule has 0 amide bonds. The first-order valence-electron chi connectivity index (χ1n) is 5.52. The number of aromatic nitrogens is 1. The Balaban J connectivity index is 2.48. The molecule has 2 aromatic rings.